The Balaban J connectivity index is 3.44. The van der Waals surface area contributed by atoms with E-state index in [1.165, 1.54) is 0 Å². The third-order valence-corrected chi connectivity index (χ3v) is 2.10. The molecule has 0 unspecified atom stereocenters. The number of hydrogen-bond acceptors (Lipinski definition) is 4. The molecule has 0 fully saturated rings. The van der Waals surface area contributed by atoms with Crippen molar-refractivity contribution in [3.05, 3.63) is 32.6 Å². The van der Waals surface area contributed by atoms with Crippen LogP contribution < -0.4 is 5.73 Å². The van der Waals surface area contributed by atoms with Gasteiger partial charge in [0, 0.05) is 12.7 Å². The van der Waals surface area contributed by atoms with E-state index in [1.807, 2.05) is 0 Å². The molecular formula is C7H6ClF2N3O2. The van der Waals surface area contributed by atoms with E-state index in [4.69, 9.17) is 17.3 Å². The molecule has 1 aromatic rings. The summed E-state index contributed by atoms with van der Waals surface area (Å²) in [6.07, 6.45) is -2.28. The van der Waals surface area contributed by atoms with Gasteiger partial charge in [0.1, 0.15) is 10.6 Å². The predicted molar refractivity (Wildman–Crippen MR) is 48.7 cm³/mol. The molecule has 15 heavy (non-hydrogen) atoms. The molecule has 0 aromatic carbocycles. The van der Waals surface area contributed by atoms with Gasteiger partial charge in [-0.15, -0.1) is 0 Å². The number of nitro groups is 1. The van der Waals surface area contributed by atoms with Crippen molar-refractivity contribution in [1.29, 1.82) is 0 Å². The fraction of sp³-hybridized carbons (Fsp3) is 0.286. The number of aromatic nitrogens is 1. The third kappa shape index (κ3) is 2.18. The van der Waals surface area contributed by atoms with Crippen LogP contribution in [-0.2, 0) is 6.54 Å². The lowest BCUT2D eigenvalue weighted by atomic mass is 10.2. The fourth-order valence-corrected chi connectivity index (χ4v) is 1.32. The molecule has 0 aliphatic carbocycles. The topological polar surface area (TPSA) is 82.0 Å². The Morgan fingerprint density at radius 1 is 1.67 bits per heavy atom. The maximum atomic E-state index is 12.4. The second kappa shape index (κ2) is 4.45. The highest BCUT2D eigenvalue weighted by atomic mass is 35.5. The van der Waals surface area contributed by atoms with Crippen molar-refractivity contribution in [3.8, 4) is 0 Å². The van der Waals surface area contributed by atoms with Crippen LogP contribution in [0.25, 0.3) is 0 Å². The highest BCUT2D eigenvalue weighted by molar-refractivity contribution is 6.33. The number of rotatable bonds is 3. The highest BCUT2D eigenvalue weighted by Gasteiger charge is 2.27. The molecule has 1 aromatic heterocycles. The van der Waals surface area contributed by atoms with Crippen molar-refractivity contribution in [2.75, 3.05) is 0 Å². The molecule has 0 saturated carbocycles. The highest BCUT2D eigenvalue weighted by Crippen LogP contribution is 2.35. The molecule has 1 heterocycles. The lowest BCUT2D eigenvalue weighted by Crippen LogP contribution is -2.06. The number of alkyl halides is 2. The summed E-state index contributed by atoms with van der Waals surface area (Å²) in [7, 11) is 0. The normalized spacial score (nSPS) is 10.7. The zero-order chi connectivity index (χ0) is 11.6. The Hall–Kier alpha value is -1.34. The summed E-state index contributed by atoms with van der Waals surface area (Å²) >= 11 is 5.54. The Labute approximate surface area is 88.0 Å². The van der Waals surface area contributed by atoms with Gasteiger partial charge in [0.15, 0.2) is 0 Å². The first-order valence-corrected chi connectivity index (χ1v) is 4.16. The Bertz CT molecular complexity index is 400. The summed E-state index contributed by atoms with van der Waals surface area (Å²) in [5, 5.41) is 10.1. The van der Waals surface area contributed by atoms with Crippen LogP contribution in [0.15, 0.2) is 6.20 Å². The average Bonchev–Trinajstić information content (AvgIpc) is 2.16. The quantitative estimate of drug-likeness (QED) is 0.644. The van der Waals surface area contributed by atoms with Gasteiger partial charge < -0.3 is 5.73 Å². The lowest BCUT2D eigenvalue weighted by Gasteiger charge is -2.05. The van der Waals surface area contributed by atoms with E-state index in [2.05, 4.69) is 4.98 Å². The van der Waals surface area contributed by atoms with Crippen molar-refractivity contribution in [1.82, 2.24) is 4.98 Å². The summed E-state index contributed by atoms with van der Waals surface area (Å²) in [4.78, 5) is 13.1. The maximum absolute atomic E-state index is 12.4. The zero-order valence-corrected chi connectivity index (χ0v) is 8.04. The van der Waals surface area contributed by atoms with Crippen LogP contribution in [-0.4, -0.2) is 9.91 Å². The van der Waals surface area contributed by atoms with Gasteiger partial charge in [-0.05, 0) is 0 Å². The molecule has 82 valence electrons. The second-order valence-corrected chi connectivity index (χ2v) is 2.96. The first-order valence-electron chi connectivity index (χ1n) is 3.79. The van der Waals surface area contributed by atoms with Crippen LogP contribution in [0, 0.1) is 10.1 Å². The van der Waals surface area contributed by atoms with E-state index >= 15 is 0 Å². The minimum Gasteiger partial charge on any atom is -0.325 e. The molecule has 2 N–H and O–H groups in total. The number of pyridine rings is 1. The van der Waals surface area contributed by atoms with Crippen LogP contribution in [0.3, 0.4) is 0 Å². The second-order valence-electron chi connectivity index (χ2n) is 2.58. The molecule has 8 heteroatoms. The predicted octanol–water partition coefficient (Wildman–Crippen LogP) is 2.04. The molecular weight excluding hydrogens is 232 g/mol. The van der Waals surface area contributed by atoms with Crippen molar-refractivity contribution in [3.63, 3.8) is 0 Å². The van der Waals surface area contributed by atoms with Crippen LogP contribution in [0.5, 0.6) is 0 Å². The van der Waals surface area contributed by atoms with Crippen LogP contribution in [0.4, 0.5) is 14.5 Å². The molecule has 0 atom stereocenters. The first-order chi connectivity index (χ1) is 6.99. The Morgan fingerprint density at radius 2 is 2.27 bits per heavy atom. The summed E-state index contributed by atoms with van der Waals surface area (Å²) in [5.41, 5.74) is 3.58. The summed E-state index contributed by atoms with van der Waals surface area (Å²) < 4.78 is 24.7. The number of nitrogens with two attached hydrogens (primary N) is 1. The van der Waals surface area contributed by atoms with Crippen LogP contribution in [0.1, 0.15) is 17.7 Å². The van der Waals surface area contributed by atoms with Gasteiger partial charge in [-0.25, -0.2) is 8.78 Å². The van der Waals surface area contributed by atoms with Crippen LogP contribution in [0.2, 0.25) is 5.02 Å². The van der Waals surface area contributed by atoms with E-state index in [1.54, 1.807) is 0 Å². The molecule has 0 spiro atoms. The first kappa shape index (κ1) is 11.7. The third-order valence-electron chi connectivity index (χ3n) is 1.71. The summed E-state index contributed by atoms with van der Waals surface area (Å²) in [6, 6.07) is 0. The Kier molecular flexibility index (Phi) is 3.48. The van der Waals surface area contributed by atoms with Crippen molar-refractivity contribution < 1.29 is 13.7 Å². The zero-order valence-electron chi connectivity index (χ0n) is 7.28. The van der Waals surface area contributed by atoms with E-state index in [9.17, 15) is 18.9 Å². The van der Waals surface area contributed by atoms with Gasteiger partial charge in [0.2, 0.25) is 0 Å². The number of hydrogen-bond donors (Lipinski definition) is 1. The lowest BCUT2D eigenvalue weighted by molar-refractivity contribution is -0.386. The molecule has 5 nitrogen and oxygen atoms in total. The monoisotopic (exact) mass is 237 g/mol. The van der Waals surface area contributed by atoms with Gasteiger partial charge in [-0.2, -0.15) is 0 Å². The molecule has 0 radical (unpaired) electrons. The molecule has 1 rings (SSSR count). The maximum Gasteiger partial charge on any atom is 0.300 e. The summed E-state index contributed by atoms with van der Waals surface area (Å²) in [5.74, 6) is 0. The SMILES string of the molecule is NCc1ncc(C(F)F)c([N+](=O)[O-])c1Cl. The van der Waals surface area contributed by atoms with E-state index in [-0.39, 0.29) is 12.2 Å². The average molecular weight is 238 g/mol. The number of halogens is 3. The van der Waals surface area contributed by atoms with Gasteiger partial charge in [0.05, 0.1) is 10.6 Å². The van der Waals surface area contributed by atoms with E-state index in [0.717, 1.165) is 6.20 Å². The van der Waals surface area contributed by atoms with Gasteiger partial charge in [-0.1, -0.05) is 11.6 Å². The molecule has 0 aliphatic rings. The molecule has 0 bridgehead atoms. The van der Waals surface area contributed by atoms with Crippen molar-refractivity contribution >= 4 is 17.3 Å². The van der Waals surface area contributed by atoms with Crippen molar-refractivity contribution in [2.24, 2.45) is 5.73 Å². The molecule has 0 amide bonds. The molecule has 0 aliphatic heterocycles. The minimum absolute atomic E-state index is 0.0211. The largest absolute Gasteiger partial charge is 0.325 e. The fourth-order valence-electron chi connectivity index (χ4n) is 1.02. The van der Waals surface area contributed by atoms with Crippen LogP contribution >= 0.6 is 11.6 Å². The molecule has 0 saturated heterocycles. The smallest absolute Gasteiger partial charge is 0.300 e. The van der Waals surface area contributed by atoms with E-state index < -0.39 is 27.6 Å². The summed E-state index contributed by atoms with van der Waals surface area (Å²) in [6.45, 7) is -0.150. The van der Waals surface area contributed by atoms with E-state index in [0.29, 0.717) is 0 Å². The minimum atomic E-state index is -3.00. The van der Waals surface area contributed by atoms with Gasteiger partial charge in [0.25, 0.3) is 12.1 Å². The van der Waals surface area contributed by atoms with Crippen molar-refractivity contribution in [2.45, 2.75) is 13.0 Å². The van der Waals surface area contributed by atoms with Gasteiger partial charge >= 0.3 is 0 Å². The Morgan fingerprint density at radius 3 is 2.67 bits per heavy atom. The van der Waals surface area contributed by atoms with Gasteiger partial charge in [-0.3, -0.25) is 15.1 Å². The standard InChI is InChI=1S/C7H6ClF2N3O2/c8-5-4(1-11)12-2-3(7(9)10)6(5)13(14)15/h2,7H,1,11H2. The number of nitrogens with zero attached hydrogens (tertiary/aromatic N) is 2.